The predicted molar refractivity (Wildman–Crippen MR) is 123 cm³/mol. The summed E-state index contributed by atoms with van der Waals surface area (Å²) in [6, 6.07) is 16.4. The Hall–Kier alpha value is -2.37. The van der Waals surface area contributed by atoms with Crippen LogP contribution in [0.2, 0.25) is 5.02 Å². The molecule has 29 heavy (non-hydrogen) atoms. The molecule has 1 aromatic carbocycles. The number of pyridine rings is 1. The summed E-state index contributed by atoms with van der Waals surface area (Å²) in [7, 11) is 0. The smallest absolute Gasteiger partial charge is 0.170 e. The van der Waals surface area contributed by atoms with Gasteiger partial charge >= 0.3 is 0 Å². The fraction of sp³-hybridized carbons (Fsp3) is 0.304. The van der Waals surface area contributed by atoms with Gasteiger partial charge < -0.3 is 14.8 Å². The Kier molecular flexibility index (Phi) is 5.61. The average molecular weight is 425 g/mol. The molecule has 1 aliphatic heterocycles. The van der Waals surface area contributed by atoms with Crippen LogP contribution in [0.1, 0.15) is 48.1 Å². The Balaban J connectivity index is 1.84. The summed E-state index contributed by atoms with van der Waals surface area (Å²) in [5.41, 5.74) is 5.71. The molecule has 3 heterocycles. The van der Waals surface area contributed by atoms with E-state index < -0.39 is 0 Å². The van der Waals surface area contributed by atoms with Gasteiger partial charge in [0.15, 0.2) is 5.11 Å². The van der Waals surface area contributed by atoms with Gasteiger partial charge in [-0.15, -0.1) is 0 Å². The topological polar surface area (TPSA) is 33.1 Å². The van der Waals surface area contributed by atoms with Crippen LogP contribution in [-0.2, 0) is 0 Å². The molecule has 1 aliphatic rings. The molecule has 1 fully saturated rings. The predicted octanol–water partition coefficient (Wildman–Crippen LogP) is 5.53. The van der Waals surface area contributed by atoms with Gasteiger partial charge in [0.1, 0.15) is 0 Å². The van der Waals surface area contributed by atoms with Crippen LogP contribution in [0.5, 0.6) is 0 Å². The van der Waals surface area contributed by atoms with Crippen LogP contribution in [0.3, 0.4) is 0 Å². The highest BCUT2D eigenvalue weighted by Gasteiger charge is 2.40. The number of aryl methyl sites for hydroxylation is 1. The molecular weight excluding hydrogens is 400 g/mol. The summed E-state index contributed by atoms with van der Waals surface area (Å²) in [6.45, 7) is 7.39. The molecule has 0 amide bonds. The van der Waals surface area contributed by atoms with Crippen molar-refractivity contribution in [3.8, 4) is 5.69 Å². The van der Waals surface area contributed by atoms with Crippen LogP contribution in [0.25, 0.3) is 5.69 Å². The Bertz CT molecular complexity index is 1030. The maximum absolute atomic E-state index is 6.26. The van der Waals surface area contributed by atoms with E-state index in [2.05, 4.69) is 58.7 Å². The van der Waals surface area contributed by atoms with E-state index in [0.29, 0.717) is 0 Å². The van der Waals surface area contributed by atoms with Crippen LogP contribution in [-0.4, -0.2) is 26.1 Å². The number of halogens is 1. The van der Waals surface area contributed by atoms with Crippen molar-refractivity contribution in [2.24, 2.45) is 0 Å². The molecule has 2 aromatic heterocycles. The van der Waals surface area contributed by atoms with Crippen LogP contribution < -0.4 is 5.32 Å². The lowest BCUT2D eigenvalue weighted by molar-refractivity contribution is 0.316. The van der Waals surface area contributed by atoms with Gasteiger partial charge in [-0.2, -0.15) is 0 Å². The second-order valence-corrected chi connectivity index (χ2v) is 8.28. The number of nitrogens with zero attached hydrogens (tertiary/aromatic N) is 3. The van der Waals surface area contributed by atoms with Gasteiger partial charge in [-0.3, -0.25) is 4.98 Å². The second kappa shape index (κ2) is 8.17. The minimum absolute atomic E-state index is 0.0172. The third-order valence-electron chi connectivity index (χ3n) is 5.52. The highest BCUT2D eigenvalue weighted by atomic mass is 35.5. The lowest BCUT2D eigenvalue weighted by Gasteiger charge is -2.27. The van der Waals surface area contributed by atoms with Gasteiger partial charge in [-0.05, 0) is 74.4 Å². The fourth-order valence-corrected chi connectivity index (χ4v) is 4.84. The van der Waals surface area contributed by atoms with E-state index in [-0.39, 0.29) is 12.1 Å². The van der Waals surface area contributed by atoms with Gasteiger partial charge in [0, 0.05) is 34.8 Å². The molecule has 0 spiro atoms. The van der Waals surface area contributed by atoms with E-state index in [4.69, 9.17) is 23.8 Å². The van der Waals surface area contributed by atoms with Crippen molar-refractivity contribution in [1.29, 1.82) is 0 Å². The number of hydrogen-bond donors (Lipinski definition) is 1. The maximum atomic E-state index is 6.26. The fourth-order valence-electron chi connectivity index (χ4n) is 4.33. The zero-order chi connectivity index (χ0) is 20.5. The zero-order valence-corrected chi connectivity index (χ0v) is 18.5. The molecule has 0 bridgehead atoms. The number of thiocarbonyl (C=S) groups is 1. The first-order valence-corrected chi connectivity index (χ1v) is 10.7. The van der Waals surface area contributed by atoms with Crippen LogP contribution in [0, 0.1) is 13.8 Å². The number of benzene rings is 1. The summed E-state index contributed by atoms with van der Waals surface area (Å²) >= 11 is 12.0. The molecule has 0 aliphatic carbocycles. The van der Waals surface area contributed by atoms with Gasteiger partial charge in [-0.25, -0.2) is 0 Å². The third kappa shape index (κ3) is 3.65. The lowest BCUT2D eigenvalue weighted by atomic mass is 9.96. The van der Waals surface area contributed by atoms with E-state index in [1.54, 1.807) is 0 Å². The van der Waals surface area contributed by atoms with E-state index >= 15 is 0 Å². The highest BCUT2D eigenvalue weighted by Crippen LogP contribution is 2.41. The average Bonchev–Trinajstić information content (AvgIpc) is 3.18. The van der Waals surface area contributed by atoms with Crippen LogP contribution >= 0.6 is 23.8 Å². The molecule has 1 saturated heterocycles. The summed E-state index contributed by atoms with van der Waals surface area (Å²) < 4.78 is 2.27. The van der Waals surface area contributed by atoms with Crippen molar-refractivity contribution in [3.63, 3.8) is 0 Å². The van der Waals surface area contributed by atoms with Gasteiger partial charge in [-0.1, -0.05) is 30.7 Å². The molecule has 4 rings (SSSR count). The standard InChI is InChI=1S/C23H25ClN4S/c1-4-12-27-22(21(26-23(27)29)20-10-5-6-11-25-20)19-13-15(2)28(16(19)3)18-9-7-8-17(24)14-18/h5-11,13-14,21-22H,4,12H2,1-3H3,(H,26,29)/t21-,22-/m1/s1. The molecule has 0 unspecified atom stereocenters. The van der Waals surface area contributed by atoms with Gasteiger partial charge in [0.2, 0.25) is 0 Å². The van der Waals surface area contributed by atoms with Crippen molar-refractivity contribution < 1.29 is 0 Å². The van der Waals surface area contributed by atoms with Gasteiger partial charge in [0.05, 0.1) is 17.8 Å². The summed E-state index contributed by atoms with van der Waals surface area (Å²) in [5, 5.41) is 5.05. The Morgan fingerprint density at radius 1 is 1.14 bits per heavy atom. The monoisotopic (exact) mass is 424 g/mol. The normalized spacial score (nSPS) is 18.9. The number of aromatic nitrogens is 2. The number of nitrogens with one attached hydrogen (secondary N) is 1. The molecule has 2 atom stereocenters. The quantitative estimate of drug-likeness (QED) is 0.546. The first-order chi connectivity index (χ1) is 14.0. The molecule has 0 saturated carbocycles. The van der Waals surface area contributed by atoms with Crippen molar-refractivity contribution in [2.45, 2.75) is 39.3 Å². The van der Waals surface area contributed by atoms with E-state index in [1.807, 2.05) is 36.5 Å². The van der Waals surface area contributed by atoms with Crippen molar-refractivity contribution in [2.75, 3.05) is 6.54 Å². The third-order valence-corrected chi connectivity index (χ3v) is 6.11. The first kappa shape index (κ1) is 19.9. The zero-order valence-electron chi connectivity index (χ0n) is 16.9. The van der Waals surface area contributed by atoms with Crippen molar-refractivity contribution >= 4 is 28.9 Å². The summed E-state index contributed by atoms with van der Waals surface area (Å²) in [5.74, 6) is 0. The molecule has 150 valence electrons. The second-order valence-electron chi connectivity index (χ2n) is 7.46. The van der Waals surface area contributed by atoms with E-state index in [9.17, 15) is 0 Å². The van der Waals surface area contributed by atoms with Gasteiger partial charge in [0.25, 0.3) is 0 Å². The molecule has 6 heteroatoms. The Morgan fingerprint density at radius 3 is 2.66 bits per heavy atom. The van der Waals surface area contributed by atoms with Crippen LogP contribution in [0.15, 0.2) is 54.7 Å². The van der Waals surface area contributed by atoms with Crippen molar-refractivity contribution in [3.05, 3.63) is 82.4 Å². The minimum Gasteiger partial charge on any atom is -0.352 e. The summed E-state index contributed by atoms with van der Waals surface area (Å²) in [4.78, 5) is 6.93. The highest BCUT2D eigenvalue weighted by molar-refractivity contribution is 7.80. The lowest BCUT2D eigenvalue weighted by Crippen LogP contribution is -2.30. The molecular formula is C23H25ClN4S. The molecule has 4 nitrogen and oxygen atoms in total. The molecule has 1 N–H and O–H groups in total. The maximum Gasteiger partial charge on any atom is 0.170 e. The number of hydrogen-bond acceptors (Lipinski definition) is 2. The number of rotatable bonds is 5. The van der Waals surface area contributed by atoms with Crippen molar-refractivity contribution in [1.82, 2.24) is 19.8 Å². The minimum atomic E-state index is 0.0172. The Labute approximate surface area is 182 Å². The summed E-state index contributed by atoms with van der Waals surface area (Å²) in [6.07, 6.45) is 2.87. The largest absolute Gasteiger partial charge is 0.352 e. The SMILES string of the molecule is CCCN1C(=S)N[C@H](c2ccccn2)[C@H]1c1cc(C)n(-c2cccc(Cl)c2)c1C. The molecule has 0 radical (unpaired) electrons. The Morgan fingerprint density at radius 2 is 1.97 bits per heavy atom. The van der Waals surface area contributed by atoms with Crippen LogP contribution in [0.4, 0.5) is 0 Å². The van der Waals surface area contributed by atoms with E-state index in [1.165, 1.54) is 17.0 Å². The first-order valence-electron chi connectivity index (χ1n) is 9.94. The molecule has 3 aromatic rings. The van der Waals surface area contributed by atoms with E-state index in [0.717, 1.165) is 34.5 Å².